The third-order valence-corrected chi connectivity index (χ3v) is 7.05. The van der Waals surface area contributed by atoms with Crippen LogP contribution in [0.15, 0.2) is 41.3 Å². The van der Waals surface area contributed by atoms with Crippen molar-refractivity contribution in [2.75, 3.05) is 31.0 Å². The number of carbonyl (C=O) groups is 2. The number of hydrogen-bond donors (Lipinski definition) is 2. The number of nitrogens with zero attached hydrogens (tertiary/aromatic N) is 1. The summed E-state index contributed by atoms with van der Waals surface area (Å²) in [7, 11) is -0.986. The van der Waals surface area contributed by atoms with Gasteiger partial charge in [-0.05, 0) is 42.5 Å². The molecule has 0 fully saturated rings. The van der Waals surface area contributed by atoms with Gasteiger partial charge in [-0.1, -0.05) is 13.8 Å². The van der Waals surface area contributed by atoms with Crippen LogP contribution in [-0.4, -0.2) is 47.0 Å². The van der Waals surface area contributed by atoms with Crippen LogP contribution in [0.25, 0.3) is 0 Å². The first-order chi connectivity index (χ1) is 16.0. The van der Waals surface area contributed by atoms with Gasteiger partial charge in [0.2, 0.25) is 21.8 Å². The second kappa shape index (κ2) is 10.4. The van der Waals surface area contributed by atoms with Gasteiger partial charge in [-0.2, -0.15) is 4.72 Å². The standard InChI is InChI=1S/C24H31N3O6S/c1-15(2)10-22(24(29)25-18-12-19(32-4)14-20(13-18)33-5)26-34(30,31)21-6-7-23-17(11-21)8-9-27(23)16(3)28/h6-7,11-15,22,26H,8-10H2,1-5H3,(H,25,29)/t22-/m0/s1. The second-order valence-corrected chi connectivity index (χ2v) is 10.3. The molecular formula is C24H31N3O6S. The minimum absolute atomic E-state index is 0.0567. The molecular weight excluding hydrogens is 458 g/mol. The minimum Gasteiger partial charge on any atom is -0.497 e. The van der Waals surface area contributed by atoms with E-state index >= 15 is 0 Å². The summed E-state index contributed by atoms with van der Waals surface area (Å²) in [6, 6.07) is 8.59. The zero-order chi connectivity index (χ0) is 25.0. The number of nitrogens with one attached hydrogen (secondary N) is 2. The van der Waals surface area contributed by atoms with E-state index in [0.717, 1.165) is 11.3 Å². The molecule has 1 aliphatic heterocycles. The fourth-order valence-corrected chi connectivity index (χ4v) is 5.18. The topological polar surface area (TPSA) is 114 Å². The van der Waals surface area contributed by atoms with E-state index in [2.05, 4.69) is 10.0 Å². The number of hydrogen-bond acceptors (Lipinski definition) is 6. The van der Waals surface area contributed by atoms with Gasteiger partial charge in [0.05, 0.1) is 19.1 Å². The fourth-order valence-electron chi connectivity index (χ4n) is 3.92. The van der Waals surface area contributed by atoms with Gasteiger partial charge in [-0.15, -0.1) is 0 Å². The lowest BCUT2D eigenvalue weighted by atomic mass is 10.0. The highest BCUT2D eigenvalue weighted by molar-refractivity contribution is 7.89. The smallest absolute Gasteiger partial charge is 0.242 e. The SMILES string of the molecule is COc1cc(NC(=O)[C@H](CC(C)C)NS(=O)(=O)c2ccc3c(c2)CCN3C(C)=O)cc(OC)c1. The Bertz CT molecular complexity index is 1160. The van der Waals surface area contributed by atoms with Crippen molar-refractivity contribution in [3.8, 4) is 11.5 Å². The molecule has 184 valence electrons. The zero-order valence-electron chi connectivity index (χ0n) is 20.0. The van der Waals surface area contributed by atoms with Gasteiger partial charge in [0.15, 0.2) is 0 Å². The maximum Gasteiger partial charge on any atom is 0.242 e. The fraction of sp³-hybridized carbons (Fsp3) is 0.417. The monoisotopic (exact) mass is 489 g/mol. The number of carbonyl (C=O) groups excluding carboxylic acids is 2. The lowest BCUT2D eigenvalue weighted by molar-refractivity contribution is -0.118. The molecule has 0 saturated heterocycles. The van der Waals surface area contributed by atoms with E-state index in [0.29, 0.717) is 36.6 Å². The molecule has 3 rings (SSSR count). The molecule has 0 saturated carbocycles. The summed E-state index contributed by atoms with van der Waals surface area (Å²) in [5.74, 6) is 0.469. The second-order valence-electron chi connectivity index (χ2n) is 8.61. The van der Waals surface area contributed by atoms with Crippen molar-refractivity contribution in [3.63, 3.8) is 0 Å². The Morgan fingerprint density at radius 2 is 1.71 bits per heavy atom. The van der Waals surface area contributed by atoms with Crippen LogP contribution in [-0.2, 0) is 26.0 Å². The van der Waals surface area contributed by atoms with E-state index < -0.39 is 22.0 Å². The predicted octanol–water partition coefficient (Wildman–Crippen LogP) is 2.94. The normalized spacial score (nSPS) is 14.0. The first-order valence-corrected chi connectivity index (χ1v) is 12.5. The predicted molar refractivity (Wildman–Crippen MR) is 130 cm³/mol. The lowest BCUT2D eigenvalue weighted by Gasteiger charge is -2.21. The van der Waals surface area contributed by atoms with Crippen molar-refractivity contribution in [3.05, 3.63) is 42.0 Å². The number of rotatable bonds is 9. The molecule has 2 N–H and O–H groups in total. The lowest BCUT2D eigenvalue weighted by Crippen LogP contribution is -2.44. The molecule has 0 unspecified atom stereocenters. The minimum atomic E-state index is -3.99. The maximum absolute atomic E-state index is 13.2. The molecule has 2 aromatic rings. The molecule has 34 heavy (non-hydrogen) atoms. The third kappa shape index (κ3) is 5.87. The quantitative estimate of drug-likeness (QED) is 0.560. The van der Waals surface area contributed by atoms with Crippen LogP contribution in [0.3, 0.4) is 0 Å². The van der Waals surface area contributed by atoms with Crippen molar-refractivity contribution < 1.29 is 27.5 Å². The van der Waals surface area contributed by atoms with Crippen molar-refractivity contribution in [1.29, 1.82) is 0 Å². The Balaban J connectivity index is 1.83. The van der Waals surface area contributed by atoms with Gasteiger partial charge in [0, 0.05) is 43.0 Å². The van der Waals surface area contributed by atoms with Crippen LogP contribution in [0, 0.1) is 5.92 Å². The van der Waals surface area contributed by atoms with Crippen LogP contribution < -0.4 is 24.4 Å². The number of benzene rings is 2. The van der Waals surface area contributed by atoms with E-state index in [9.17, 15) is 18.0 Å². The molecule has 0 aromatic heterocycles. The van der Waals surface area contributed by atoms with Gasteiger partial charge in [0.1, 0.15) is 17.5 Å². The summed E-state index contributed by atoms with van der Waals surface area (Å²) in [6.45, 7) is 5.82. The van der Waals surface area contributed by atoms with Crippen LogP contribution in [0.4, 0.5) is 11.4 Å². The number of fused-ring (bicyclic) bond motifs is 1. The highest BCUT2D eigenvalue weighted by Gasteiger charge is 2.29. The molecule has 2 aromatic carbocycles. The number of methoxy groups -OCH3 is 2. The molecule has 0 bridgehead atoms. The van der Waals surface area contributed by atoms with Gasteiger partial charge in [-0.3, -0.25) is 9.59 Å². The van der Waals surface area contributed by atoms with Crippen LogP contribution in [0.2, 0.25) is 0 Å². The number of sulfonamides is 1. The molecule has 1 aliphatic rings. The molecule has 0 radical (unpaired) electrons. The Kier molecular flexibility index (Phi) is 7.83. The largest absolute Gasteiger partial charge is 0.497 e. The van der Waals surface area contributed by atoms with Crippen molar-refractivity contribution in [1.82, 2.24) is 4.72 Å². The number of anilines is 2. The van der Waals surface area contributed by atoms with Gasteiger partial charge in [0.25, 0.3) is 0 Å². The summed E-state index contributed by atoms with van der Waals surface area (Å²) in [4.78, 5) is 26.6. The average molecular weight is 490 g/mol. The number of ether oxygens (including phenoxy) is 2. The molecule has 1 heterocycles. The van der Waals surface area contributed by atoms with Crippen LogP contribution >= 0.6 is 0 Å². The molecule has 9 nitrogen and oxygen atoms in total. The Morgan fingerprint density at radius 3 is 2.26 bits per heavy atom. The van der Waals surface area contributed by atoms with Crippen molar-refractivity contribution >= 4 is 33.2 Å². The highest BCUT2D eigenvalue weighted by Crippen LogP contribution is 2.30. The Labute approximate surface area is 200 Å². The van der Waals surface area contributed by atoms with E-state index in [-0.39, 0.29) is 16.7 Å². The molecule has 1 atom stereocenters. The molecule has 0 aliphatic carbocycles. The summed E-state index contributed by atoms with van der Waals surface area (Å²) in [5.41, 5.74) is 1.93. The maximum atomic E-state index is 13.2. The summed E-state index contributed by atoms with van der Waals surface area (Å²) >= 11 is 0. The van der Waals surface area contributed by atoms with E-state index in [1.54, 1.807) is 35.2 Å². The summed E-state index contributed by atoms with van der Waals surface area (Å²) in [6.07, 6.45) is 0.876. The molecule has 2 amide bonds. The number of amides is 2. The first kappa shape index (κ1) is 25.5. The zero-order valence-corrected chi connectivity index (χ0v) is 20.9. The van der Waals surface area contributed by atoms with E-state index in [1.807, 2.05) is 13.8 Å². The van der Waals surface area contributed by atoms with Crippen LogP contribution in [0.5, 0.6) is 11.5 Å². The summed E-state index contributed by atoms with van der Waals surface area (Å²) in [5, 5.41) is 2.76. The van der Waals surface area contributed by atoms with E-state index in [4.69, 9.17) is 9.47 Å². The molecule has 10 heteroatoms. The Morgan fingerprint density at radius 1 is 1.06 bits per heavy atom. The van der Waals surface area contributed by atoms with Crippen LogP contribution in [0.1, 0.15) is 32.8 Å². The van der Waals surface area contributed by atoms with Crippen molar-refractivity contribution in [2.45, 2.75) is 44.6 Å². The highest BCUT2D eigenvalue weighted by atomic mass is 32.2. The van der Waals surface area contributed by atoms with E-state index in [1.165, 1.54) is 27.2 Å². The summed E-state index contributed by atoms with van der Waals surface area (Å²) < 4.78 is 39.4. The van der Waals surface area contributed by atoms with Gasteiger partial charge in [-0.25, -0.2) is 8.42 Å². The van der Waals surface area contributed by atoms with Gasteiger partial charge < -0.3 is 19.7 Å². The van der Waals surface area contributed by atoms with Crippen molar-refractivity contribution in [2.24, 2.45) is 5.92 Å². The van der Waals surface area contributed by atoms with Gasteiger partial charge >= 0.3 is 0 Å². The Hall–Kier alpha value is -3.11. The molecule has 0 spiro atoms. The first-order valence-electron chi connectivity index (χ1n) is 11.0. The average Bonchev–Trinajstić information content (AvgIpc) is 3.21. The third-order valence-electron chi connectivity index (χ3n) is 5.58.